The first-order chi connectivity index (χ1) is 13.5. The topological polar surface area (TPSA) is 41.6 Å². The average molecular weight is 381 g/mol. The minimum atomic E-state index is -0.0664. The number of ether oxygens (including phenoxy) is 1. The molecule has 1 amide bonds. The summed E-state index contributed by atoms with van der Waals surface area (Å²) in [6.07, 6.45) is 2.62. The molecule has 150 valence electrons. The van der Waals surface area contributed by atoms with Crippen LogP contribution in [-0.4, -0.2) is 36.5 Å². The van der Waals surface area contributed by atoms with Crippen molar-refractivity contribution >= 4 is 5.91 Å². The number of hydrogen-bond donors (Lipinski definition) is 1. The SMILES string of the molecule is Cc1ccc(OC[C@H](C)NC(=O)c2ccc(CN3CCC[C@H](C)C3)cc2)cc1. The van der Waals surface area contributed by atoms with E-state index in [0.29, 0.717) is 12.2 Å². The number of aryl methyl sites for hydroxylation is 1. The van der Waals surface area contributed by atoms with Gasteiger partial charge in [0.05, 0.1) is 6.04 Å². The smallest absolute Gasteiger partial charge is 0.251 e. The molecule has 2 aromatic carbocycles. The maximum absolute atomic E-state index is 12.5. The zero-order valence-corrected chi connectivity index (χ0v) is 17.3. The van der Waals surface area contributed by atoms with E-state index in [2.05, 4.69) is 29.3 Å². The molecule has 1 saturated heterocycles. The zero-order chi connectivity index (χ0) is 19.9. The predicted molar refractivity (Wildman–Crippen MR) is 114 cm³/mol. The number of piperidine rings is 1. The van der Waals surface area contributed by atoms with Crippen LogP contribution in [0.5, 0.6) is 5.75 Å². The van der Waals surface area contributed by atoms with Gasteiger partial charge in [-0.15, -0.1) is 0 Å². The summed E-state index contributed by atoms with van der Waals surface area (Å²) in [5.74, 6) is 1.55. The monoisotopic (exact) mass is 380 g/mol. The number of carbonyl (C=O) groups is 1. The van der Waals surface area contributed by atoms with Crippen molar-refractivity contribution in [3.05, 3.63) is 65.2 Å². The van der Waals surface area contributed by atoms with Gasteiger partial charge in [0.25, 0.3) is 5.91 Å². The molecule has 0 unspecified atom stereocenters. The predicted octanol–water partition coefficient (Wildman–Crippen LogP) is 4.42. The van der Waals surface area contributed by atoms with E-state index < -0.39 is 0 Å². The molecule has 3 rings (SSSR count). The summed E-state index contributed by atoms with van der Waals surface area (Å²) in [6, 6.07) is 15.9. The van der Waals surface area contributed by atoms with E-state index >= 15 is 0 Å². The van der Waals surface area contributed by atoms with Crippen molar-refractivity contribution in [2.24, 2.45) is 5.92 Å². The molecular formula is C24H32N2O2. The molecule has 2 atom stereocenters. The van der Waals surface area contributed by atoms with Crippen LogP contribution in [0.4, 0.5) is 0 Å². The van der Waals surface area contributed by atoms with Crippen LogP contribution in [0.25, 0.3) is 0 Å². The number of nitrogens with one attached hydrogen (secondary N) is 1. The first-order valence-electron chi connectivity index (χ1n) is 10.3. The van der Waals surface area contributed by atoms with Crippen LogP contribution >= 0.6 is 0 Å². The number of rotatable bonds is 7. The Morgan fingerprint density at radius 1 is 1.18 bits per heavy atom. The molecule has 1 aliphatic rings. The van der Waals surface area contributed by atoms with Crippen LogP contribution in [0.1, 0.15) is 48.2 Å². The molecule has 2 aromatic rings. The second-order valence-electron chi connectivity index (χ2n) is 8.18. The highest BCUT2D eigenvalue weighted by Gasteiger charge is 2.16. The number of likely N-dealkylation sites (tertiary alicyclic amines) is 1. The Labute approximate surface area is 168 Å². The summed E-state index contributed by atoms with van der Waals surface area (Å²) >= 11 is 0. The van der Waals surface area contributed by atoms with Crippen molar-refractivity contribution in [3.63, 3.8) is 0 Å². The van der Waals surface area contributed by atoms with Gasteiger partial charge >= 0.3 is 0 Å². The van der Waals surface area contributed by atoms with Crippen LogP contribution in [0.3, 0.4) is 0 Å². The molecule has 0 radical (unpaired) electrons. The lowest BCUT2D eigenvalue weighted by Gasteiger charge is -2.30. The molecule has 1 heterocycles. The number of amides is 1. The fourth-order valence-corrected chi connectivity index (χ4v) is 3.65. The highest BCUT2D eigenvalue weighted by atomic mass is 16.5. The quantitative estimate of drug-likeness (QED) is 0.773. The molecule has 4 nitrogen and oxygen atoms in total. The van der Waals surface area contributed by atoms with Crippen molar-refractivity contribution in [2.45, 2.75) is 46.2 Å². The minimum absolute atomic E-state index is 0.0573. The molecular weight excluding hydrogens is 348 g/mol. The van der Waals surface area contributed by atoms with Crippen LogP contribution in [-0.2, 0) is 6.54 Å². The van der Waals surface area contributed by atoms with Crippen molar-refractivity contribution in [3.8, 4) is 5.75 Å². The average Bonchev–Trinajstić information content (AvgIpc) is 2.68. The normalized spacial score (nSPS) is 18.5. The minimum Gasteiger partial charge on any atom is -0.491 e. The Morgan fingerprint density at radius 3 is 2.57 bits per heavy atom. The molecule has 1 aliphatic heterocycles. The molecule has 1 fully saturated rings. The summed E-state index contributed by atoms with van der Waals surface area (Å²) < 4.78 is 5.75. The lowest BCUT2D eigenvalue weighted by Crippen LogP contribution is -2.36. The van der Waals surface area contributed by atoms with Crippen LogP contribution in [0, 0.1) is 12.8 Å². The summed E-state index contributed by atoms with van der Waals surface area (Å²) in [6.45, 7) is 10.1. The third kappa shape index (κ3) is 6.10. The van der Waals surface area contributed by atoms with Gasteiger partial charge in [-0.25, -0.2) is 0 Å². The number of nitrogens with zero attached hydrogens (tertiary/aromatic N) is 1. The third-order valence-electron chi connectivity index (χ3n) is 5.26. The maximum atomic E-state index is 12.5. The van der Waals surface area contributed by atoms with Gasteiger partial charge in [0.2, 0.25) is 0 Å². The van der Waals surface area contributed by atoms with E-state index in [4.69, 9.17) is 4.74 Å². The van der Waals surface area contributed by atoms with Gasteiger partial charge in [-0.3, -0.25) is 9.69 Å². The summed E-state index contributed by atoms with van der Waals surface area (Å²) in [5.41, 5.74) is 3.16. The summed E-state index contributed by atoms with van der Waals surface area (Å²) in [7, 11) is 0. The second-order valence-corrected chi connectivity index (χ2v) is 8.18. The van der Waals surface area contributed by atoms with Gasteiger partial charge in [-0.2, -0.15) is 0 Å². The lowest BCUT2D eigenvalue weighted by atomic mass is 9.99. The van der Waals surface area contributed by atoms with Crippen LogP contribution < -0.4 is 10.1 Å². The molecule has 1 N–H and O–H groups in total. The number of benzene rings is 2. The molecule has 0 spiro atoms. The number of carbonyl (C=O) groups excluding carboxylic acids is 1. The zero-order valence-electron chi connectivity index (χ0n) is 17.3. The first-order valence-corrected chi connectivity index (χ1v) is 10.3. The lowest BCUT2D eigenvalue weighted by molar-refractivity contribution is 0.0926. The molecule has 0 saturated carbocycles. The van der Waals surface area contributed by atoms with Gasteiger partial charge in [-0.05, 0) is 69.0 Å². The van der Waals surface area contributed by atoms with Gasteiger partial charge in [0.15, 0.2) is 0 Å². The van der Waals surface area contributed by atoms with E-state index in [1.165, 1.54) is 37.1 Å². The van der Waals surface area contributed by atoms with Gasteiger partial charge < -0.3 is 10.1 Å². The Morgan fingerprint density at radius 2 is 1.89 bits per heavy atom. The highest BCUT2D eigenvalue weighted by molar-refractivity contribution is 5.94. The van der Waals surface area contributed by atoms with Crippen molar-refractivity contribution < 1.29 is 9.53 Å². The van der Waals surface area contributed by atoms with Crippen molar-refractivity contribution in [1.82, 2.24) is 10.2 Å². The Kier molecular flexibility index (Phi) is 7.10. The molecule has 28 heavy (non-hydrogen) atoms. The van der Waals surface area contributed by atoms with Gasteiger partial charge in [0, 0.05) is 18.7 Å². The summed E-state index contributed by atoms with van der Waals surface area (Å²) in [4.78, 5) is 15.0. The first kappa shape index (κ1) is 20.4. The maximum Gasteiger partial charge on any atom is 0.251 e. The Hall–Kier alpha value is -2.33. The van der Waals surface area contributed by atoms with E-state index in [1.807, 2.05) is 50.2 Å². The molecule has 0 aromatic heterocycles. The number of hydrogen-bond acceptors (Lipinski definition) is 3. The Balaban J connectivity index is 1.46. The van der Waals surface area contributed by atoms with E-state index in [-0.39, 0.29) is 11.9 Å². The van der Waals surface area contributed by atoms with E-state index in [9.17, 15) is 4.79 Å². The highest BCUT2D eigenvalue weighted by Crippen LogP contribution is 2.18. The second kappa shape index (κ2) is 9.74. The van der Waals surface area contributed by atoms with Gasteiger partial charge in [-0.1, -0.05) is 36.8 Å². The Bertz CT molecular complexity index is 755. The largest absolute Gasteiger partial charge is 0.491 e. The summed E-state index contributed by atoms with van der Waals surface area (Å²) in [5, 5.41) is 3.01. The fraction of sp³-hybridized carbons (Fsp3) is 0.458. The van der Waals surface area contributed by atoms with Crippen LogP contribution in [0.15, 0.2) is 48.5 Å². The van der Waals surface area contributed by atoms with Crippen molar-refractivity contribution in [1.29, 1.82) is 0 Å². The third-order valence-corrected chi connectivity index (χ3v) is 5.26. The molecule has 0 bridgehead atoms. The molecule has 4 heteroatoms. The molecule has 0 aliphatic carbocycles. The van der Waals surface area contributed by atoms with Crippen molar-refractivity contribution in [2.75, 3.05) is 19.7 Å². The fourth-order valence-electron chi connectivity index (χ4n) is 3.65. The standard InChI is InChI=1S/C24H32N2O2/c1-18-6-12-23(13-7-18)28-17-20(3)25-24(27)22-10-8-21(9-11-22)16-26-14-4-5-19(2)15-26/h6-13,19-20H,4-5,14-17H2,1-3H3,(H,25,27)/t19-,20-/m0/s1. The van der Waals surface area contributed by atoms with Crippen LogP contribution in [0.2, 0.25) is 0 Å². The van der Waals surface area contributed by atoms with E-state index in [0.717, 1.165) is 18.2 Å². The van der Waals surface area contributed by atoms with Gasteiger partial charge in [0.1, 0.15) is 12.4 Å². The van der Waals surface area contributed by atoms with E-state index in [1.54, 1.807) is 0 Å².